The van der Waals surface area contributed by atoms with E-state index in [2.05, 4.69) is 12.2 Å². The lowest BCUT2D eigenvalue weighted by Gasteiger charge is -2.38. The SMILES string of the molecule is COc1cccc(OCC(O)CNCC2(C)COC2)c1. The van der Waals surface area contributed by atoms with Crippen LogP contribution in [0.2, 0.25) is 0 Å². The Morgan fingerprint density at radius 2 is 2.15 bits per heavy atom. The zero-order valence-electron chi connectivity index (χ0n) is 12.1. The highest BCUT2D eigenvalue weighted by atomic mass is 16.5. The number of rotatable bonds is 8. The van der Waals surface area contributed by atoms with Crippen LogP contribution in [0.25, 0.3) is 0 Å². The van der Waals surface area contributed by atoms with Crippen LogP contribution >= 0.6 is 0 Å². The molecule has 1 fully saturated rings. The second-order valence-corrected chi connectivity index (χ2v) is 5.58. The van der Waals surface area contributed by atoms with E-state index in [-0.39, 0.29) is 12.0 Å². The lowest BCUT2D eigenvalue weighted by Crippen LogP contribution is -2.48. The van der Waals surface area contributed by atoms with Crippen LogP contribution in [-0.4, -0.2) is 51.2 Å². The predicted octanol–water partition coefficient (Wildman–Crippen LogP) is 1.06. The average molecular weight is 281 g/mol. The molecule has 0 amide bonds. The van der Waals surface area contributed by atoms with Gasteiger partial charge in [0.15, 0.2) is 0 Å². The van der Waals surface area contributed by atoms with Crippen LogP contribution in [-0.2, 0) is 4.74 Å². The maximum atomic E-state index is 9.87. The highest BCUT2D eigenvalue weighted by Crippen LogP contribution is 2.25. The van der Waals surface area contributed by atoms with Gasteiger partial charge in [-0.25, -0.2) is 0 Å². The number of hydrogen-bond donors (Lipinski definition) is 2. The highest BCUT2D eigenvalue weighted by Gasteiger charge is 2.32. The van der Waals surface area contributed by atoms with Gasteiger partial charge < -0.3 is 24.6 Å². The average Bonchev–Trinajstić information content (AvgIpc) is 2.43. The Bertz CT molecular complexity index is 420. The molecular weight excluding hydrogens is 258 g/mol. The quantitative estimate of drug-likeness (QED) is 0.746. The fourth-order valence-corrected chi connectivity index (χ4v) is 2.04. The molecule has 2 rings (SSSR count). The van der Waals surface area contributed by atoms with Crippen molar-refractivity contribution < 1.29 is 19.3 Å². The fraction of sp³-hybridized carbons (Fsp3) is 0.600. The Labute approximate surface area is 119 Å². The number of methoxy groups -OCH3 is 1. The monoisotopic (exact) mass is 281 g/mol. The Kier molecular flexibility index (Phi) is 5.23. The van der Waals surface area contributed by atoms with Gasteiger partial charge in [0.2, 0.25) is 0 Å². The van der Waals surface area contributed by atoms with Crippen LogP contribution in [0.5, 0.6) is 11.5 Å². The van der Waals surface area contributed by atoms with Gasteiger partial charge in [-0.15, -0.1) is 0 Å². The van der Waals surface area contributed by atoms with E-state index in [1.54, 1.807) is 13.2 Å². The van der Waals surface area contributed by atoms with Crippen molar-refractivity contribution in [3.63, 3.8) is 0 Å². The summed E-state index contributed by atoms with van der Waals surface area (Å²) >= 11 is 0. The summed E-state index contributed by atoms with van der Waals surface area (Å²) in [5.41, 5.74) is 0.216. The van der Waals surface area contributed by atoms with Crippen molar-refractivity contribution in [2.45, 2.75) is 13.0 Å². The number of nitrogens with one attached hydrogen (secondary N) is 1. The molecule has 0 bridgehead atoms. The van der Waals surface area contributed by atoms with Crippen molar-refractivity contribution in [3.8, 4) is 11.5 Å². The van der Waals surface area contributed by atoms with Crippen molar-refractivity contribution in [2.75, 3.05) is 40.0 Å². The van der Waals surface area contributed by atoms with E-state index in [4.69, 9.17) is 14.2 Å². The molecule has 0 aromatic heterocycles. The molecule has 0 aliphatic carbocycles. The summed E-state index contributed by atoms with van der Waals surface area (Å²) in [4.78, 5) is 0. The molecule has 1 aliphatic heterocycles. The van der Waals surface area contributed by atoms with Gasteiger partial charge in [0.05, 0.1) is 20.3 Å². The fourth-order valence-electron chi connectivity index (χ4n) is 2.04. The second kappa shape index (κ2) is 6.92. The van der Waals surface area contributed by atoms with E-state index < -0.39 is 6.10 Å². The molecule has 2 N–H and O–H groups in total. The maximum Gasteiger partial charge on any atom is 0.123 e. The zero-order valence-corrected chi connectivity index (χ0v) is 12.1. The molecule has 5 heteroatoms. The number of ether oxygens (including phenoxy) is 3. The van der Waals surface area contributed by atoms with Crippen LogP contribution < -0.4 is 14.8 Å². The topological polar surface area (TPSA) is 60.0 Å². The summed E-state index contributed by atoms with van der Waals surface area (Å²) in [5, 5.41) is 13.1. The lowest BCUT2D eigenvalue weighted by atomic mass is 9.89. The molecule has 112 valence electrons. The summed E-state index contributed by atoms with van der Waals surface area (Å²) in [7, 11) is 1.61. The van der Waals surface area contributed by atoms with Crippen molar-refractivity contribution in [1.29, 1.82) is 0 Å². The van der Waals surface area contributed by atoms with Gasteiger partial charge in [-0.3, -0.25) is 0 Å². The summed E-state index contributed by atoms with van der Waals surface area (Å²) in [5.74, 6) is 1.44. The van der Waals surface area contributed by atoms with Gasteiger partial charge in [-0.1, -0.05) is 13.0 Å². The summed E-state index contributed by atoms with van der Waals surface area (Å²) in [6.45, 7) is 5.37. The van der Waals surface area contributed by atoms with Crippen molar-refractivity contribution in [2.24, 2.45) is 5.41 Å². The molecule has 1 atom stereocenters. The van der Waals surface area contributed by atoms with Gasteiger partial charge in [-0.2, -0.15) is 0 Å². The van der Waals surface area contributed by atoms with Crippen molar-refractivity contribution in [1.82, 2.24) is 5.32 Å². The second-order valence-electron chi connectivity index (χ2n) is 5.58. The third-order valence-electron chi connectivity index (χ3n) is 3.32. The first-order chi connectivity index (χ1) is 9.61. The number of aliphatic hydroxyl groups excluding tert-OH is 1. The van der Waals surface area contributed by atoms with Gasteiger partial charge in [-0.05, 0) is 12.1 Å². The van der Waals surface area contributed by atoms with E-state index in [0.717, 1.165) is 25.5 Å². The molecule has 20 heavy (non-hydrogen) atoms. The standard InChI is InChI=1S/C15H23NO4/c1-15(10-19-11-15)9-16-7-12(17)8-20-14-5-3-4-13(6-14)18-2/h3-6,12,16-17H,7-11H2,1-2H3. The Hall–Kier alpha value is -1.30. The van der Waals surface area contributed by atoms with Crippen molar-refractivity contribution in [3.05, 3.63) is 24.3 Å². The first-order valence-corrected chi connectivity index (χ1v) is 6.85. The number of benzene rings is 1. The predicted molar refractivity (Wildman–Crippen MR) is 76.3 cm³/mol. The maximum absolute atomic E-state index is 9.87. The van der Waals surface area contributed by atoms with Gasteiger partial charge in [0, 0.05) is 24.6 Å². The number of hydrogen-bond acceptors (Lipinski definition) is 5. The van der Waals surface area contributed by atoms with Crippen LogP contribution in [0.3, 0.4) is 0 Å². The van der Waals surface area contributed by atoms with E-state index in [9.17, 15) is 5.11 Å². The van der Waals surface area contributed by atoms with E-state index in [0.29, 0.717) is 12.3 Å². The molecule has 5 nitrogen and oxygen atoms in total. The molecule has 1 aliphatic rings. The molecule has 0 spiro atoms. The highest BCUT2D eigenvalue weighted by molar-refractivity contribution is 5.32. The smallest absolute Gasteiger partial charge is 0.123 e. The zero-order chi connectivity index (χ0) is 14.4. The first-order valence-electron chi connectivity index (χ1n) is 6.85. The lowest BCUT2D eigenvalue weighted by molar-refractivity contribution is -0.0997. The minimum atomic E-state index is -0.536. The molecule has 1 aromatic rings. The molecule has 1 saturated heterocycles. The van der Waals surface area contributed by atoms with E-state index >= 15 is 0 Å². The van der Waals surface area contributed by atoms with Gasteiger partial charge >= 0.3 is 0 Å². The molecule has 0 radical (unpaired) electrons. The minimum absolute atomic E-state index is 0.216. The largest absolute Gasteiger partial charge is 0.497 e. The Morgan fingerprint density at radius 1 is 1.40 bits per heavy atom. The van der Waals surface area contributed by atoms with Crippen molar-refractivity contribution >= 4 is 0 Å². The molecule has 1 aromatic carbocycles. The van der Waals surface area contributed by atoms with Gasteiger partial charge in [0.1, 0.15) is 24.2 Å². The normalized spacial score (nSPS) is 18.1. The molecule has 1 heterocycles. The summed E-state index contributed by atoms with van der Waals surface area (Å²) < 4.78 is 15.8. The van der Waals surface area contributed by atoms with Crippen LogP contribution in [0, 0.1) is 5.41 Å². The first kappa shape index (κ1) is 15.1. The van der Waals surface area contributed by atoms with Crippen LogP contribution in [0.4, 0.5) is 0 Å². The molecule has 0 saturated carbocycles. The minimum Gasteiger partial charge on any atom is -0.497 e. The number of aliphatic hydroxyl groups is 1. The molecule has 1 unspecified atom stereocenters. The summed E-state index contributed by atoms with van der Waals surface area (Å²) in [6, 6.07) is 7.35. The van der Waals surface area contributed by atoms with E-state index in [1.807, 2.05) is 18.2 Å². The van der Waals surface area contributed by atoms with Crippen LogP contribution in [0.1, 0.15) is 6.92 Å². The summed E-state index contributed by atoms with van der Waals surface area (Å²) in [6.07, 6.45) is -0.536. The Balaban J connectivity index is 1.65. The van der Waals surface area contributed by atoms with E-state index in [1.165, 1.54) is 0 Å². The van der Waals surface area contributed by atoms with Gasteiger partial charge in [0.25, 0.3) is 0 Å². The third-order valence-corrected chi connectivity index (χ3v) is 3.32. The van der Waals surface area contributed by atoms with Crippen LogP contribution in [0.15, 0.2) is 24.3 Å². The molecular formula is C15H23NO4. The Morgan fingerprint density at radius 3 is 2.80 bits per heavy atom. The third kappa shape index (κ3) is 4.37.